The molecule has 0 bridgehead atoms. The van der Waals surface area contributed by atoms with Crippen molar-refractivity contribution < 1.29 is 9.21 Å². The first kappa shape index (κ1) is 8.72. The molecule has 2 aromatic rings. The van der Waals surface area contributed by atoms with Gasteiger partial charge in [0, 0.05) is 4.47 Å². The summed E-state index contributed by atoms with van der Waals surface area (Å²) in [6.45, 7) is 0. The van der Waals surface area contributed by atoms with Crippen molar-refractivity contribution in [3.8, 4) is 0 Å². The van der Waals surface area contributed by atoms with Crippen LogP contribution in [0.25, 0.3) is 0 Å². The summed E-state index contributed by atoms with van der Waals surface area (Å²) in [5.74, 6) is -0.00405. The summed E-state index contributed by atoms with van der Waals surface area (Å²) in [6, 6.07) is 3.52. The van der Waals surface area contributed by atoms with Crippen molar-refractivity contribution in [2.75, 3.05) is 0 Å². The zero-order valence-corrected chi connectivity index (χ0v) is 8.89. The number of hydrogen-bond donors (Lipinski definition) is 0. The van der Waals surface area contributed by atoms with Crippen LogP contribution in [0.4, 0.5) is 0 Å². The molecule has 4 heteroatoms. The van der Waals surface area contributed by atoms with E-state index in [1.54, 1.807) is 6.07 Å². The van der Waals surface area contributed by atoms with Crippen LogP contribution in [0.1, 0.15) is 15.2 Å². The minimum absolute atomic E-state index is 0.00405. The minimum atomic E-state index is -0.00405. The van der Waals surface area contributed by atoms with Crippen molar-refractivity contribution in [1.29, 1.82) is 0 Å². The van der Waals surface area contributed by atoms with Gasteiger partial charge in [0.05, 0.1) is 16.7 Å². The second kappa shape index (κ2) is 3.47. The Bertz CT molecular complexity index is 417. The van der Waals surface area contributed by atoms with Gasteiger partial charge >= 0.3 is 0 Å². The lowest BCUT2D eigenvalue weighted by Crippen LogP contribution is -1.96. The van der Waals surface area contributed by atoms with E-state index in [0.717, 1.165) is 4.47 Å². The Morgan fingerprint density at radius 1 is 1.46 bits per heavy atom. The summed E-state index contributed by atoms with van der Waals surface area (Å²) in [5, 5.41) is 1.87. The summed E-state index contributed by atoms with van der Waals surface area (Å²) in [7, 11) is 0. The molecular weight excluding hydrogens is 252 g/mol. The van der Waals surface area contributed by atoms with Gasteiger partial charge in [-0.15, -0.1) is 11.3 Å². The Morgan fingerprint density at radius 2 is 2.31 bits per heavy atom. The third kappa shape index (κ3) is 1.59. The predicted molar refractivity (Wildman–Crippen MR) is 54.2 cm³/mol. The fourth-order valence-electron chi connectivity index (χ4n) is 0.981. The van der Waals surface area contributed by atoms with E-state index in [9.17, 15) is 4.79 Å². The molecule has 2 nitrogen and oxygen atoms in total. The number of halogens is 1. The quantitative estimate of drug-likeness (QED) is 0.772. The standard InChI is InChI=1S/C9H5BrO2S/c10-7-2-4-13-9(7)8(11)6-1-3-12-5-6/h1-5H. The van der Waals surface area contributed by atoms with E-state index < -0.39 is 0 Å². The minimum Gasteiger partial charge on any atom is -0.472 e. The van der Waals surface area contributed by atoms with Crippen molar-refractivity contribution >= 4 is 33.0 Å². The van der Waals surface area contributed by atoms with E-state index in [2.05, 4.69) is 15.9 Å². The van der Waals surface area contributed by atoms with Crippen LogP contribution in [-0.4, -0.2) is 5.78 Å². The van der Waals surface area contributed by atoms with Crippen LogP contribution in [-0.2, 0) is 0 Å². The molecular formula is C9H5BrO2S. The first-order valence-corrected chi connectivity index (χ1v) is 5.26. The van der Waals surface area contributed by atoms with Crippen LogP contribution in [0.15, 0.2) is 38.9 Å². The first-order chi connectivity index (χ1) is 6.29. The Morgan fingerprint density at radius 3 is 2.85 bits per heavy atom. The number of ketones is 1. The van der Waals surface area contributed by atoms with E-state index in [1.165, 1.54) is 23.9 Å². The molecule has 0 fully saturated rings. The summed E-state index contributed by atoms with van der Waals surface area (Å²) >= 11 is 4.73. The van der Waals surface area contributed by atoms with Gasteiger partial charge in [0.2, 0.25) is 5.78 Å². The van der Waals surface area contributed by atoms with Gasteiger partial charge in [0.25, 0.3) is 0 Å². The van der Waals surface area contributed by atoms with Gasteiger partial charge in [-0.3, -0.25) is 4.79 Å². The maximum absolute atomic E-state index is 11.7. The maximum Gasteiger partial charge on any atom is 0.207 e. The predicted octanol–water partition coefficient (Wildman–Crippen LogP) is 3.33. The summed E-state index contributed by atoms with van der Waals surface area (Å²) in [5.41, 5.74) is 0.586. The average molecular weight is 257 g/mol. The molecule has 0 amide bonds. The van der Waals surface area contributed by atoms with Crippen LogP contribution >= 0.6 is 27.3 Å². The molecule has 0 aliphatic heterocycles. The van der Waals surface area contributed by atoms with Gasteiger partial charge in [0.1, 0.15) is 6.26 Å². The largest absolute Gasteiger partial charge is 0.472 e. The normalized spacial score (nSPS) is 10.2. The number of carbonyl (C=O) groups is 1. The van der Waals surface area contributed by atoms with E-state index in [0.29, 0.717) is 10.4 Å². The molecule has 2 heterocycles. The molecule has 0 saturated carbocycles. The van der Waals surface area contributed by atoms with Gasteiger partial charge in [-0.25, -0.2) is 0 Å². The highest BCUT2D eigenvalue weighted by molar-refractivity contribution is 9.10. The number of hydrogen-bond acceptors (Lipinski definition) is 3. The third-order valence-electron chi connectivity index (χ3n) is 1.61. The molecule has 0 aromatic carbocycles. The molecule has 0 N–H and O–H groups in total. The van der Waals surface area contributed by atoms with Gasteiger partial charge in [0.15, 0.2) is 0 Å². The van der Waals surface area contributed by atoms with Crippen LogP contribution < -0.4 is 0 Å². The second-order valence-electron chi connectivity index (χ2n) is 2.44. The molecule has 0 spiro atoms. The number of carbonyl (C=O) groups excluding carboxylic acids is 1. The Balaban J connectivity index is 2.39. The van der Waals surface area contributed by atoms with Crippen molar-refractivity contribution in [3.63, 3.8) is 0 Å². The lowest BCUT2D eigenvalue weighted by atomic mass is 10.2. The maximum atomic E-state index is 11.7. The zero-order chi connectivity index (χ0) is 9.26. The summed E-state index contributed by atoms with van der Waals surface area (Å²) < 4.78 is 5.68. The Kier molecular flexibility index (Phi) is 2.33. The van der Waals surface area contributed by atoms with Crippen molar-refractivity contribution in [3.05, 3.63) is 45.0 Å². The monoisotopic (exact) mass is 256 g/mol. The van der Waals surface area contributed by atoms with Crippen LogP contribution in [0.3, 0.4) is 0 Å². The highest BCUT2D eigenvalue weighted by Gasteiger charge is 2.14. The number of furan rings is 1. The van der Waals surface area contributed by atoms with Gasteiger partial charge in [-0.1, -0.05) is 0 Å². The molecule has 2 aromatic heterocycles. The van der Waals surface area contributed by atoms with Crippen LogP contribution in [0.5, 0.6) is 0 Å². The SMILES string of the molecule is O=C(c1ccoc1)c1sccc1Br. The molecule has 0 atom stereocenters. The highest BCUT2D eigenvalue weighted by Crippen LogP contribution is 2.25. The average Bonchev–Trinajstić information content (AvgIpc) is 2.72. The van der Waals surface area contributed by atoms with Crippen molar-refractivity contribution in [2.24, 2.45) is 0 Å². The zero-order valence-electron chi connectivity index (χ0n) is 6.49. The van der Waals surface area contributed by atoms with Crippen LogP contribution in [0.2, 0.25) is 0 Å². The molecule has 2 rings (SSSR count). The number of thiophene rings is 1. The molecule has 0 saturated heterocycles. The second-order valence-corrected chi connectivity index (χ2v) is 4.21. The van der Waals surface area contributed by atoms with Gasteiger partial charge in [-0.05, 0) is 33.4 Å². The number of rotatable bonds is 2. The molecule has 0 radical (unpaired) electrons. The van der Waals surface area contributed by atoms with Crippen LogP contribution in [0, 0.1) is 0 Å². The van der Waals surface area contributed by atoms with E-state index >= 15 is 0 Å². The molecule has 13 heavy (non-hydrogen) atoms. The fraction of sp³-hybridized carbons (Fsp3) is 0. The van der Waals surface area contributed by atoms with Crippen molar-refractivity contribution in [1.82, 2.24) is 0 Å². The fourth-order valence-corrected chi connectivity index (χ4v) is 2.49. The smallest absolute Gasteiger partial charge is 0.207 e. The molecule has 0 aliphatic rings. The first-order valence-electron chi connectivity index (χ1n) is 3.59. The highest BCUT2D eigenvalue weighted by atomic mass is 79.9. The topological polar surface area (TPSA) is 30.2 Å². The Hall–Kier alpha value is -0.870. The summed E-state index contributed by atoms with van der Waals surface area (Å²) in [4.78, 5) is 12.4. The van der Waals surface area contributed by atoms with E-state index in [4.69, 9.17) is 4.42 Å². The van der Waals surface area contributed by atoms with E-state index in [1.807, 2.05) is 11.4 Å². The van der Waals surface area contributed by atoms with Gasteiger partial charge < -0.3 is 4.42 Å². The Labute approximate surface area is 87.3 Å². The lowest BCUT2D eigenvalue weighted by molar-refractivity contribution is 0.104. The molecule has 0 unspecified atom stereocenters. The van der Waals surface area contributed by atoms with Crippen molar-refractivity contribution in [2.45, 2.75) is 0 Å². The van der Waals surface area contributed by atoms with E-state index in [-0.39, 0.29) is 5.78 Å². The third-order valence-corrected chi connectivity index (χ3v) is 3.44. The molecule has 66 valence electrons. The van der Waals surface area contributed by atoms with Gasteiger partial charge in [-0.2, -0.15) is 0 Å². The lowest BCUT2D eigenvalue weighted by Gasteiger charge is -1.92. The summed E-state index contributed by atoms with van der Waals surface area (Å²) in [6.07, 6.45) is 2.95. The molecule has 0 aliphatic carbocycles.